The first-order chi connectivity index (χ1) is 5.16. The van der Waals surface area contributed by atoms with E-state index in [0.29, 0.717) is 12.2 Å². The fraction of sp³-hybridized carbons (Fsp3) is 0.857. The SMILES string of the molecule is CC(=O)CCSCC(O)CO. The monoisotopic (exact) mass is 178 g/mol. The maximum atomic E-state index is 10.4. The highest BCUT2D eigenvalue weighted by atomic mass is 32.2. The average Bonchev–Trinajstić information content (AvgIpc) is 1.97. The summed E-state index contributed by atoms with van der Waals surface area (Å²) in [5.41, 5.74) is 0. The fourth-order valence-corrected chi connectivity index (χ4v) is 1.46. The van der Waals surface area contributed by atoms with Crippen LogP contribution in [0.25, 0.3) is 0 Å². The molecule has 0 amide bonds. The van der Waals surface area contributed by atoms with Crippen LogP contribution in [0.1, 0.15) is 13.3 Å². The lowest BCUT2D eigenvalue weighted by Crippen LogP contribution is -2.15. The van der Waals surface area contributed by atoms with Gasteiger partial charge in [-0.2, -0.15) is 11.8 Å². The van der Waals surface area contributed by atoms with E-state index in [1.807, 2.05) is 0 Å². The van der Waals surface area contributed by atoms with E-state index in [1.54, 1.807) is 6.92 Å². The normalized spacial score (nSPS) is 13.0. The molecule has 0 saturated carbocycles. The zero-order valence-electron chi connectivity index (χ0n) is 6.62. The van der Waals surface area contributed by atoms with Gasteiger partial charge in [-0.25, -0.2) is 0 Å². The highest BCUT2D eigenvalue weighted by molar-refractivity contribution is 7.99. The van der Waals surface area contributed by atoms with Crippen molar-refractivity contribution in [3.8, 4) is 0 Å². The number of rotatable bonds is 6. The topological polar surface area (TPSA) is 57.5 Å². The van der Waals surface area contributed by atoms with Gasteiger partial charge in [0.2, 0.25) is 0 Å². The Bertz CT molecular complexity index is 116. The molecule has 0 aromatic heterocycles. The number of thioether (sulfide) groups is 1. The number of aliphatic hydroxyl groups excluding tert-OH is 2. The number of Topliss-reactive ketones (excluding diaryl/α,β-unsaturated/α-hetero) is 1. The molecule has 1 atom stereocenters. The summed E-state index contributed by atoms with van der Waals surface area (Å²) in [5.74, 6) is 1.40. The molecule has 0 aliphatic carbocycles. The minimum Gasteiger partial charge on any atom is -0.394 e. The van der Waals surface area contributed by atoms with Gasteiger partial charge >= 0.3 is 0 Å². The van der Waals surface area contributed by atoms with E-state index >= 15 is 0 Å². The molecule has 4 heteroatoms. The van der Waals surface area contributed by atoms with E-state index < -0.39 is 6.10 Å². The summed E-state index contributed by atoms with van der Waals surface area (Å²) in [4.78, 5) is 10.4. The van der Waals surface area contributed by atoms with Crippen LogP contribution < -0.4 is 0 Å². The molecule has 0 aliphatic heterocycles. The van der Waals surface area contributed by atoms with Crippen molar-refractivity contribution in [1.29, 1.82) is 0 Å². The molecule has 0 radical (unpaired) electrons. The molecule has 0 rings (SSSR count). The van der Waals surface area contributed by atoms with Crippen LogP contribution in [0.2, 0.25) is 0 Å². The van der Waals surface area contributed by atoms with Crippen LogP contribution in [0.4, 0.5) is 0 Å². The minimum absolute atomic E-state index is 0.163. The Morgan fingerprint density at radius 1 is 1.64 bits per heavy atom. The zero-order chi connectivity index (χ0) is 8.69. The highest BCUT2D eigenvalue weighted by Gasteiger charge is 2.01. The first-order valence-electron chi connectivity index (χ1n) is 3.53. The molecule has 0 saturated heterocycles. The first-order valence-corrected chi connectivity index (χ1v) is 4.68. The number of carbonyl (C=O) groups excluding carboxylic acids is 1. The van der Waals surface area contributed by atoms with Crippen LogP contribution in [-0.2, 0) is 4.79 Å². The third-order valence-corrected chi connectivity index (χ3v) is 2.23. The van der Waals surface area contributed by atoms with E-state index in [1.165, 1.54) is 11.8 Å². The summed E-state index contributed by atoms with van der Waals surface area (Å²) in [6.45, 7) is 1.34. The molecule has 0 bridgehead atoms. The number of aliphatic hydroxyl groups is 2. The molecule has 2 N–H and O–H groups in total. The molecular weight excluding hydrogens is 164 g/mol. The maximum Gasteiger partial charge on any atom is 0.130 e. The van der Waals surface area contributed by atoms with Gasteiger partial charge in [0, 0.05) is 17.9 Å². The summed E-state index contributed by atoms with van der Waals surface area (Å²) >= 11 is 1.48. The van der Waals surface area contributed by atoms with Gasteiger partial charge < -0.3 is 10.2 Å². The van der Waals surface area contributed by atoms with Crippen LogP contribution >= 0.6 is 11.8 Å². The van der Waals surface area contributed by atoms with Crippen molar-refractivity contribution in [2.45, 2.75) is 19.4 Å². The second-order valence-corrected chi connectivity index (χ2v) is 3.51. The van der Waals surface area contributed by atoms with Gasteiger partial charge in [-0.1, -0.05) is 0 Å². The van der Waals surface area contributed by atoms with Crippen molar-refractivity contribution < 1.29 is 15.0 Å². The van der Waals surface area contributed by atoms with Crippen LogP contribution in [0, 0.1) is 0 Å². The third-order valence-electron chi connectivity index (χ3n) is 1.12. The number of carbonyl (C=O) groups is 1. The van der Waals surface area contributed by atoms with Crippen molar-refractivity contribution in [2.24, 2.45) is 0 Å². The van der Waals surface area contributed by atoms with Crippen LogP contribution in [-0.4, -0.2) is 40.2 Å². The van der Waals surface area contributed by atoms with Crippen molar-refractivity contribution in [3.63, 3.8) is 0 Å². The van der Waals surface area contributed by atoms with Gasteiger partial charge in [-0.3, -0.25) is 4.79 Å². The minimum atomic E-state index is -0.646. The first kappa shape index (κ1) is 10.9. The Morgan fingerprint density at radius 2 is 2.27 bits per heavy atom. The van der Waals surface area contributed by atoms with E-state index in [9.17, 15) is 4.79 Å². The molecule has 0 aromatic carbocycles. The fourth-order valence-electron chi connectivity index (χ4n) is 0.488. The Labute approximate surface area is 70.8 Å². The summed E-state index contributed by atoms with van der Waals surface area (Å²) in [6, 6.07) is 0. The molecule has 3 nitrogen and oxygen atoms in total. The number of ketones is 1. The van der Waals surface area contributed by atoms with E-state index in [4.69, 9.17) is 10.2 Å². The Kier molecular flexibility index (Phi) is 6.60. The van der Waals surface area contributed by atoms with Gasteiger partial charge in [-0.05, 0) is 6.92 Å². The van der Waals surface area contributed by atoms with Crippen molar-refractivity contribution in [3.05, 3.63) is 0 Å². The lowest BCUT2D eigenvalue weighted by Gasteiger charge is -2.04. The van der Waals surface area contributed by atoms with Crippen molar-refractivity contribution in [2.75, 3.05) is 18.1 Å². The van der Waals surface area contributed by atoms with Gasteiger partial charge in [0.15, 0.2) is 0 Å². The molecule has 0 fully saturated rings. The molecule has 0 heterocycles. The van der Waals surface area contributed by atoms with E-state index in [-0.39, 0.29) is 12.4 Å². The second-order valence-electron chi connectivity index (χ2n) is 2.36. The van der Waals surface area contributed by atoms with E-state index in [0.717, 1.165) is 5.75 Å². The third kappa shape index (κ3) is 7.84. The molecule has 0 aliphatic rings. The van der Waals surface area contributed by atoms with Gasteiger partial charge in [0.25, 0.3) is 0 Å². The maximum absolute atomic E-state index is 10.4. The van der Waals surface area contributed by atoms with Crippen molar-refractivity contribution >= 4 is 17.5 Å². The smallest absolute Gasteiger partial charge is 0.130 e. The molecule has 0 aromatic rings. The lowest BCUT2D eigenvalue weighted by atomic mass is 10.4. The quantitative estimate of drug-likeness (QED) is 0.564. The van der Waals surface area contributed by atoms with Crippen LogP contribution in [0.15, 0.2) is 0 Å². The summed E-state index contributed by atoms with van der Waals surface area (Å²) in [5, 5.41) is 17.3. The van der Waals surface area contributed by atoms with Gasteiger partial charge in [0.05, 0.1) is 12.7 Å². The lowest BCUT2D eigenvalue weighted by molar-refractivity contribution is -0.116. The van der Waals surface area contributed by atoms with E-state index in [2.05, 4.69) is 0 Å². The Balaban J connectivity index is 3.08. The molecule has 11 heavy (non-hydrogen) atoms. The Hall–Kier alpha value is -0.0600. The average molecular weight is 178 g/mol. The van der Waals surface area contributed by atoms with Crippen LogP contribution in [0.5, 0.6) is 0 Å². The molecule has 0 spiro atoms. The number of hydrogen-bond donors (Lipinski definition) is 2. The predicted octanol–water partition coefficient (Wildman–Crippen LogP) is 0.0519. The molecular formula is C7H14O3S. The highest BCUT2D eigenvalue weighted by Crippen LogP contribution is 2.04. The molecule has 1 unspecified atom stereocenters. The van der Waals surface area contributed by atoms with Gasteiger partial charge in [-0.15, -0.1) is 0 Å². The largest absolute Gasteiger partial charge is 0.394 e. The summed E-state index contributed by atoms with van der Waals surface area (Å²) < 4.78 is 0. The second kappa shape index (κ2) is 6.64. The van der Waals surface area contributed by atoms with Gasteiger partial charge in [0.1, 0.15) is 5.78 Å². The summed E-state index contributed by atoms with van der Waals surface area (Å²) in [7, 11) is 0. The predicted molar refractivity (Wildman–Crippen MR) is 45.7 cm³/mol. The van der Waals surface area contributed by atoms with Crippen LogP contribution in [0.3, 0.4) is 0 Å². The zero-order valence-corrected chi connectivity index (χ0v) is 7.43. The van der Waals surface area contributed by atoms with Crippen molar-refractivity contribution in [1.82, 2.24) is 0 Å². The summed E-state index contributed by atoms with van der Waals surface area (Å²) in [6.07, 6.45) is -0.102. The number of hydrogen-bond acceptors (Lipinski definition) is 4. The Morgan fingerprint density at radius 3 is 2.73 bits per heavy atom. The standard InChI is InChI=1S/C7H14O3S/c1-6(9)2-3-11-5-7(10)4-8/h7-8,10H,2-5H2,1H3. The molecule has 66 valence electrons.